The minimum atomic E-state index is 0. The highest BCUT2D eigenvalue weighted by Crippen LogP contribution is 2.26. The molecular weight excluding hydrogens is 475 g/mol. The highest BCUT2D eigenvalue weighted by molar-refractivity contribution is 9.10. The van der Waals surface area contributed by atoms with Crippen LogP contribution >= 0.6 is 56.7 Å². The van der Waals surface area contributed by atoms with Gasteiger partial charge in [0, 0.05) is 33.4 Å². The summed E-state index contributed by atoms with van der Waals surface area (Å²) >= 11 is 7.07. The lowest BCUT2D eigenvalue weighted by molar-refractivity contribution is 1.06. The van der Waals surface area contributed by atoms with Gasteiger partial charge in [0.05, 0.1) is 0 Å². The maximum Gasteiger partial charge on any atom is 0.0401 e. The molecule has 0 unspecified atom stereocenters. The zero-order valence-electron chi connectivity index (χ0n) is 14.3. The van der Waals surface area contributed by atoms with Crippen molar-refractivity contribution in [3.63, 3.8) is 0 Å². The van der Waals surface area contributed by atoms with Crippen molar-refractivity contribution in [3.05, 3.63) is 55.5 Å². The predicted octanol–water partition coefficient (Wildman–Crippen LogP) is 6.81. The van der Waals surface area contributed by atoms with Crippen LogP contribution in [0.1, 0.15) is 22.3 Å². The molecule has 0 saturated heterocycles. The molecule has 134 valence electrons. The first kappa shape index (κ1) is 23.6. The van der Waals surface area contributed by atoms with E-state index in [1.165, 1.54) is 33.6 Å². The van der Waals surface area contributed by atoms with Crippen molar-refractivity contribution in [2.45, 2.75) is 27.7 Å². The van der Waals surface area contributed by atoms with Crippen molar-refractivity contribution in [2.75, 3.05) is 23.7 Å². The van der Waals surface area contributed by atoms with Crippen LogP contribution in [0, 0.1) is 27.7 Å². The number of benzene rings is 2. The van der Waals surface area contributed by atoms with E-state index in [-0.39, 0.29) is 24.8 Å². The molecule has 24 heavy (non-hydrogen) atoms. The maximum absolute atomic E-state index is 3.54. The van der Waals surface area contributed by atoms with Gasteiger partial charge in [-0.25, -0.2) is 0 Å². The normalized spacial score (nSPS) is 9.75. The SMILES string of the molecule is Cc1cc(Br)cc(C)c1NCCNc1c(C)cc(Br)cc1C.Cl.Cl. The van der Waals surface area contributed by atoms with E-state index >= 15 is 0 Å². The van der Waals surface area contributed by atoms with Gasteiger partial charge in [-0.3, -0.25) is 0 Å². The monoisotopic (exact) mass is 496 g/mol. The first-order valence-corrected chi connectivity index (χ1v) is 8.98. The van der Waals surface area contributed by atoms with Gasteiger partial charge >= 0.3 is 0 Å². The molecule has 0 amide bonds. The number of hydrogen-bond donors (Lipinski definition) is 2. The fourth-order valence-corrected chi connectivity index (χ4v) is 4.13. The average molecular weight is 499 g/mol. The van der Waals surface area contributed by atoms with Gasteiger partial charge in [0.15, 0.2) is 0 Å². The molecular formula is C18H24Br2Cl2N2. The largest absolute Gasteiger partial charge is 0.383 e. The highest BCUT2D eigenvalue weighted by Gasteiger charge is 2.05. The van der Waals surface area contributed by atoms with Crippen LogP contribution in [0.4, 0.5) is 11.4 Å². The van der Waals surface area contributed by atoms with Crippen LogP contribution in [0.15, 0.2) is 33.2 Å². The lowest BCUT2D eigenvalue weighted by Gasteiger charge is -2.16. The molecule has 0 bridgehead atoms. The summed E-state index contributed by atoms with van der Waals surface area (Å²) in [4.78, 5) is 0. The lowest BCUT2D eigenvalue weighted by Crippen LogP contribution is -2.16. The molecule has 0 aliphatic heterocycles. The Morgan fingerprint density at radius 2 is 0.875 bits per heavy atom. The van der Waals surface area contributed by atoms with Crippen LogP contribution in [-0.2, 0) is 0 Å². The van der Waals surface area contributed by atoms with E-state index in [1.54, 1.807) is 0 Å². The smallest absolute Gasteiger partial charge is 0.0401 e. The third-order valence-electron chi connectivity index (χ3n) is 3.72. The van der Waals surface area contributed by atoms with E-state index < -0.39 is 0 Å². The van der Waals surface area contributed by atoms with E-state index in [2.05, 4.69) is 94.5 Å². The van der Waals surface area contributed by atoms with Crippen LogP contribution in [-0.4, -0.2) is 13.1 Å². The minimum absolute atomic E-state index is 0. The molecule has 0 fully saturated rings. The van der Waals surface area contributed by atoms with Gasteiger partial charge in [-0.05, 0) is 74.2 Å². The fourth-order valence-electron chi connectivity index (χ4n) is 2.75. The standard InChI is InChI=1S/C18H22Br2N2.2ClH/c1-11-7-15(19)8-12(2)17(11)21-5-6-22-18-13(3)9-16(20)10-14(18)4;;/h7-10,21-22H,5-6H2,1-4H3;2*1H. The molecule has 0 saturated carbocycles. The van der Waals surface area contributed by atoms with Crippen molar-refractivity contribution < 1.29 is 0 Å². The van der Waals surface area contributed by atoms with Gasteiger partial charge in [0.2, 0.25) is 0 Å². The fraction of sp³-hybridized carbons (Fsp3) is 0.333. The first-order chi connectivity index (χ1) is 10.4. The number of rotatable bonds is 5. The zero-order chi connectivity index (χ0) is 16.3. The summed E-state index contributed by atoms with van der Waals surface area (Å²) in [5.74, 6) is 0. The summed E-state index contributed by atoms with van der Waals surface area (Å²) in [7, 11) is 0. The Morgan fingerprint density at radius 3 is 1.12 bits per heavy atom. The molecule has 0 spiro atoms. The maximum atomic E-state index is 3.54. The minimum Gasteiger partial charge on any atom is -0.383 e. The van der Waals surface area contributed by atoms with Crippen molar-refractivity contribution in [1.82, 2.24) is 0 Å². The van der Waals surface area contributed by atoms with E-state index in [1.807, 2.05) is 0 Å². The molecule has 0 atom stereocenters. The molecule has 0 heterocycles. The lowest BCUT2D eigenvalue weighted by atomic mass is 10.1. The number of halogens is 4. The molecule has 0 aromatic heterocycles. The molecule has 2 aromatic rings. The Morgan fingerprint density at radius 1 is 0.625 bits per heavy atom. The molecule has 2 rings (SSSR count). The van der Waals surface area contributed by atoms with Crippen molar-refractivity contribution >= 4 is 68.0 Å². The molecule has 0 aliphatic carbocycles. The van der Waals surface area contributed by atoms with E-state index in [4.69, 9.17) is 0 Å². The van der Waals surface area contributed by atoms with Crippen LogP contribution in [0.25, 0.3) is 0 Å². The van der Waals surface area contributed by atoms with Gasteiger partial charge in [-0.2, -0.15) is 0 Å². The summed E-state index contributed by atoms with van der Waals surface area (Å²) in [6.45, 7) is 10.3. The summed E-state index contributed by atoms with van der Waals surface area (Å²) < 4.78 is 2.26. The van der Waals surface area contributed by atoms with Crippen LogP contribution < -0.4 is 10.6 Å². The highest BCUT2D eigenvalue weighted by atomic mass is 79.9. The third-order valence-corrected chi connectivity index (χ3v) is 4.64. The molecule has 0 aliphatic rings. The van der Waals surface area contributed by atoms with Crippen LogP contribution in [0.2, 0.25) is 0 Å². The third kappa shape index (κ3) is 6.14. The molecule has 2 aromatic carbocycles. The van der Waals surface area contributed by atoms with E-state index in [9.17, 15) is 0 Å². The molecule has 6 heteroatoms. The topological polar surface area (TPSA) is 24.1 Å². The average Bonchev–Trinajstić information content (AvgIpc) is 2.38. The van der Waals surface area contributed by atoms with Gasteiger partial charge in [0.1, 0.15) is 0 Å². The van der Waals surface area contributed by atoms with Gasteiger partial charge < -0.3 is 10.6 Å². The first-order valence-electron chi connectivity index (χ1n) is 7.39. The van der Waals surface area contributed by atoms with Crippen molar-refractivity contribution in [1.29, 1.82) is 0 Å². The number of anilines is 2. The van der Waals surface area contributed by atoms with Gasteiger partial charge in [0.25, 0.3) is 0 Å². The second-order valence-corrected chi connectivity index (χ2v) is 7.51. The van der Waals surface area contributed by atoms with Crippen LogP contribution in [0.5, 0.6) is 0 Å². The Kier molecular flexibility index (Phi) is 10.4. The second-order valence-electron chi connectivity index (χ2n) is 5.68. The Labute approximate surface area is 174 Å². The molecule has 2 N–H and O–H groups in total. The van der Waals surface area contributed by atoms with Crippen molar-refractivity contribution in [2.24, 2.45) is 0 Å². The summed E-state index contributed by atoms with van der Waals surface area (Å²) in [5.41, 5.74) is 7.53. The quantitative estimate of drug-likeness (QED) is 0.442. The van der Waals surface area contributed by atoms with Crippen LogP contribution in [0.3, 0.4) is 0 Å². The summed E-state index contributed by atoms with van der Waals surface area (Å²) in [5, 5.41) is 7.07. The number of nitrogens with one attached hydrogen (secondary N) is 2. The summed E-state index contributed by atoms with van der Waals surface area (Å²) in [6, 6.07) is 8.58. The summed E-state index contributed by atoms with van der Waals surface area (Å²) in [6.07, 6.45) is 0. The zero-order valence-corrected chi connectivity index (χ0v) is 19.1. The number of aryl methyl sites for hydroxylation is 4. The Hall–Kier alpha value is -0.420. The Balaban J connectivity index is 0.00000264. The van der Waals surface area contributed by atoms with E-state index in [0.29, 0.717) is 0 Å². The van der Waals surface area contributed by atoms with Crippen molar-refractivity contribution in [3.8, 4) is 0 Å². The number of hydrogen-bond acceptors (Lipinski definition) is 2. The Bertz CT molecular complexity index is 585. The van der Waals surface area contributed by atoms with E-state index in [0.717, 1.165) is 22.0 Å². The molecule has 2 nitrogen and oxygen atoms in total. The van der Waals surface area contributed by atoms with Gasteiger partial charge in [-0.15, -0.1) is 24.8 Å². The second kappa shape index (κ2) is 10.5. The van der Waals surface area contributed by atoms with Gasteiger partial charge in [-0.1, -0.05) is 31.9 Å². The molecule has 0 radical (unpaired) electrons. The predicted molar refractivity (Wildman–Crippen MR) is 119 cm³/mol.